The van der Waals surface area contributed by atoms with Gasteiger partial charge >= 0.3 is 6.09 Å². The van der Waals surface area contributed by atoms with E-state index >= 15 is 0 Å². The molecule has 0 aromatic rings. The van der Waals surface area contributed by atoms with Crippen molar-refractivity contribution in [1.82, 2.24) is 4.90 Å². The predicted octanol–water partition coefficient (Wildman–Crippen LogP) is 0.910. The number of amidine groups is 1. The van der Waals surface area contributed by atoms with Gasteiger partial charge in [0.2, 0.25) is 0 Å². The highest BCUT2D eigenvalue weighted by Crippen LogP contribution is 2.12. The maximum absolute atomic E-state index is 11.5. The average Bonchev–Trinajstić information content (AvgIpc) is 2.90. The van der Waals surface area contributed by atoms with Crippen LogP contribution in [0.4, 0.5) is 4.79 Å². The Morgan fingerprint density at radius 1 is 1.33 bits per heavy atom. The molecular formula is C12H20N2O4. The van der Waals surface area contributed by atoms with Crippen LogP contribution >= 0.6 is 0 Å². The molecule has 0 radical (unpaired) electrons. The highest BCUT2D eigenvalue weighted by molar-refractivity contribution is 5.90. The minimum Gasteiger partial charge on any atom is -0.447 e. The summed E-state index contributed by atoms with van der Waals surface area (Å²) in [6, 6.07) is 0. The zero-order valence-corrected chi connectivity index (χ0v) is 10.8. The predicted molar refractivity (Wildman–Crippen MR) is 65.8 cm³/mol. The second-order valence-electron chi connectivity index (χ2n) is 4.56. The van der Waals surface area contributed by atoms with E-state index in [1.165, 1.54) is 0 Å². The molecule has 2 fully saturated rings. The van der Waals surface area contributed by atoms with Gasteiger partial charge < -0.3 is 19.1 Å². The lowest BCUT2D eigenvalue weighted by molar-refractivity contribution is 0.0674. The summed E-state index contributed by atoms with van der Waals surface area (Å²) in [5, 5.41) is 0. The van der Waals surface area contributed by atoms with Crippen LogP contribution in [0.2, 0.25) is 0 Å². The van der Waals surface area contributed by atoms with Crippen molar-refractivity contribution < 1.29 is 19.0 Å². The van der Waals surface area contributed by atoms with Gasteiger partial charge in [-0.1, -0.05) is 0 Å². The first kappa shape index (κ1) is 13.3. The van der Waals surface area contributed by atoms with Crippen molar-refractivity contribution >= 4 is 11.9 Å². The van der Waals surface area contributed by atoms with Crippen molar-refractivity contribution in [2.24, 2.45) is 10.9 Å². The summed E-state index contributed by atoms with van der Waals surface area (Å²) >= 11 is 0. The SMILES string of the molecule is CC(=NC(=O)OCC1CCOC1)N1CCOCC1. The molecule has 6 heteroatoms. The first-order valence-corrected chi connectivity index (χ1v) is 6.38. The van der Waals surface area contributed by atoms with Crippen molar-refractivity contribution in [3.05, 3.63) is 0 Å². The fraction of sp³-hybridized carbons (Fsp3) is 0.833. The molecule has 1 atom stereocenters. The van der Waals surface area contributed by atoms with E-state index in [1.54, 1.807) is 0 Å². The molecule has 2 saturated heterocycles. The van der Waals surface area contributed by atoms with Gasteiger partial charge in [0.1, 0.15) is 5.84 Å². The quantitative estimate of drug-likeness (QED) is 0.543. The third kappa shape index (κ3) is 3.96. The first-order chi connectivity index (χ1) is 8.75. The molecule has 2 aliphatic heterocycles. The van der Waals surface area contributed by atoms with Gasteiger partial charge in [-0.3, -0.25) is 0 Å². The average molecular weight is 256 g/mol. The van der Waals surface area contributed by atoms with E-state index in [1.807, 2.05) is 11.8 Å². The normalized spacial score (nSPS) is 25.3. The zero-order chi connectivity index (χ0) is 12.8. The van der Waals surface area contributed by atoms with E-state index < -0.39 is 6.09 Å². The van der Waals surface area contributed by atoms with Crippen LogP contribution < -0.4 is 0 Å². The first-order valence-electron chi connectivity index (χ1n) is 6.38. The Morgan fingerprint density at radius 3 is 2.78 bits per heavy atom. The molecule has 0 aromatic carbocycles. The van der Waals surface area contributed by atoms with Crippen LogP contribution in [-0.4, -0.2) is 63.0 Å². The minimum absolute atomic E-state index is 0.327. The third-order valence-electron chi connectivity index (χ3n) is 3.19. The van der Waals surface area contributed by atoms with Gasteiger partial charge in [0, 0.05) is 25.6 Å². The molecule has 102 valence electrons. The summed E-state index contributed by atoms with van der Waals surface area (Å²) in [6.45, 7) is 6.59. The van der Waals surface area contributed by atoms with Gasteiger partial charge in [-0.15, -0.1) is 0 Å². The molecule has 0 aromatic heterocycles. The van der Waals surface area contributed by atoms with Crippen LogP contribution in [0.3, 0.4) is 0 Å². The van der Waals surface area contributed by atoms with Gasteiger partial charge in [0.05, 0.1) is 26.4 Å². The van der Waals surface area contributed by atoms with Crippen molar-refractivity contribution in [3.63, 3.8) is 0 Å². The molecule has 1 amide bonds. The van der Waals surface area contributed by atoms with Gasteiger partial charge in [-0.25, -0.2) is 4.79 Å². The van der Waals surface area contributed by atoms with E-state index in [9.17, 15) is 4.79 Å². The van der Waals surface area contributed by atoms with Gasteiger partial charge in [-0.05, 0) is 13.3 Å². The monoisotopic (exact) mass is 256 g/mol. The maximum atomic E-state index is 11.5. The number of morpholine rings is 1. The number of aliphatic imine (C=N–C) groups is 1. The number of hydrogen-bond donors (Lipinski definition) is 0. The molecular weight excluding hydrogens is 236 g/mol. The Kier molecular flexibility index (Phi) is 4.95. The van der Waals surface area contributed by atoms with Crippen molar-refractivity contribution in [1.29, 1.82) is 0 Å². The highest BCUT2D eigenvalue weighted by Gasteiger charge is 2.18. The molecule has 0 N–H and O–H groups in total. The number of hydrogen-bond acceptors (Lipinski definition) is 4. The summed E-state index contributed by atoms with van der Waals surface area (Å²) in [6.07, 6.45) is 0.449. The van der Waals surface area contributed by atoms with Crippen LogP contribution in [-0.2, 0) is 14.2 Å². The maximum Gasteiger partial charge on any atom is 0.435 e. The van der Waals surface area contributed by atoms with Gasteiger partial charge in [0.25, 0.3) is 0 Å². The second kappa shape index (κ2) is 6.70. The topological polar surface area (TPSA) is 60.4 Å². The fourth-order valence-electron chi connectivity index (χ4n) is 2.03. The fourth-order valence-corrected chi connectivity index (χ4v) is 2.03. The molecule has 2 aliphatic rings. The lowest BCUT2D eigenvalue weighted by Gasteiger charge is -2.27. The molecule has 0 saturated carbocycles. The molecule has 0 bridgehead atoms. The molecule has 0 aliphatic carbocycles. The summed E-state index contributed by atoms with van der Waals surface area (Å²) in [5.41, 5.74) is 0. The number of amides is 1. The number of rotatable bonds is 2. The Labute approximate surface area is 107 Å². The lowest BCUT2D eigenvalue weighted by atomic mass is 10.1. The van der Waals surface area contributed by atoms with Crippen LogP contribution in [0.25, 0.3) is 0 Å². The molecule has 6 nitrogen and oxygen atoms in total. The van der Waals surface area contributed by atoms with Crippen LogP contribution in [0.1, 0.15) is 13.3 Å². The molecule has 2 heterocycles. The van der Waals surface area contributed by atoms with Crippen molar-refractivity contribution in [2.45, 2.75) is 13.3 Å². The van der Waals surface area contributed by atoms with Gasteiger partial charge in [0.15, 0.2) is 0 Å². The van der Waals surface area contributed by atoms with E-state index in [4.69, 9.17) is 14.2 Å². The number of carbonyl (C=O) groups is 1. The standard InChI is InChI=1S/C12H20N2O4/c1-10(14-3-6-16-7-4-14)13-12(15)18-9-11-2-5-17-8-11/h11H,2-9H2,1H3. The van der Waals surface area contributed by atoms with Gasteiger partial charge in [-0.2, -0.15) is 4.99 Å². The largest absolute Gasteiger partial charge is 0.447 e. The van der Waals surface area contributed by atoms with Crippen LogP contribution in [0, 0.1) is 5.92 Å². The lowest BCUT2D eigenvalue weighted by Crippen LogP contribution is -2.39. The van der Waals surface area contributed by atoms with Crippen LogP contribution in [0.5, 0.6) is 0 Å². The molecule has 2 rings (SSSR count). The summed E-state index contributed by atoms with van der Waals surface area (Å²) in [4.78, 5) is 17.5. The number of nitrogens with zero attached hydrogens (tertiary/aromatic N) is 2. The van der Waals surface area contributed by atoms with Crippen molar-refractivity contribution in [3.8, 4) is 0 Å². The summed E-state index contributed by atoms with van der Waals surface area (Å²) in [5.74, 6) is 1.03. The third-order valence-corrected chi connectivity index (χ3v) is 3.19. The molecule has 18 heavy (non-hydrogen) atoms. The Balaban J connectivity index is 1.73. The highest BCUT2D eigenvalue weighted by atomic mass is 16.5. The number of carbonyl (C=O) groups excluding carboxylic acids is 1. The second-order valence-corrected chi connectivity index (χ2v) is 4.56. The summed E-state index contributed by atoms with van der Waals surface area (Å²) in [7, 11) is 0. The molecule has 1 unspecified atom stereocenters. The Morgan fingerprint density at radius 2 is 2.11 bits per heavy atom. The molecule has 0 spiro atoms. The van der Waals surface area contributed by atoms with E-state index in [2.05, 4.69) is 4.99 Å². The Hall–Kier alpha value is -1.14. The van der Waals surface area contributed by atoms with E-state index in [0.717, 1.165) is 26.1 Å². The van der Waals surface area contributed by atoms with E-state index in [-0.39, 0.29) is 0 Å². The minimum atomic E-state index is -0.508. The summed E-state index contributed by atoms with van der Waals surface area (Å²) < 4.78 is 15.6. The zero-order valence-electron chi connectivity index (χ0n) is 10.8. The van der Waals surface area contributed by atoms with E-state index in [0.29, 0.717) is 38.2 Å². The van der Waals surface area contributed by atoms with Crippen molar-refractivity contribution in [2.75, 3.05) is 46.1 Å². The Bertz CT molecular complexity index is 307. The van der Waals surface area contributed by atoms with Crippen LogP contribution in [0.15, 0.2) is 4.99 Å². The smallest absolute Gasteiger partial charge is 0.435 e. The number of ether oxygens (including phenoxy) is 3.